The minimum Gasteiger partial charge on any atom is -0.496 e. The van der Waals surface area contributed by atoms with E-state index in [1.54, 1.807) is 42.5 Å². The smallest absolute Gasteiger partial charge is 0.315 e. The lowest BCUT2D eigenvalue weighted by molar-refractivity contribution is -0.133. The van der Waals surface area contributed by atoms with E-state index < -0.39 is 5.97 Å². The van der Waals surface area contributed by atoms with E-state index in [0.29, 0.717) is 28.3 Å². The van der Waals surface area contributed by atoms with Gasteiger partial charge in [-0.05, 0) is 49.4 Å². The van der Waals surface area contributed by atoms with E-state index in [1.165, 1.54) is 21.0 Å². The number of carbonyl (C=O) groups is 3. The lowest BCUT2D eigenvalue weighted by Crippen LogP contribution is -2.12. The summed E-state index contributed by atoms with van der Waals surface area (Å²) in [7, 11) is 1.50. The third-order valence-electron chi connectivity index (χ3n) is 3.43. The van der Waals surface area contributed by atoms with Crippen LogP contribution in [-0.2, 0) is 16.0 Å². The minimum absolute atomic E-state index is 0.0300. The van der Waals surface area contributed by atoms with Crippen LogP contribution in [0.15, 0.2) is 42.5 Å². The highest BCUT2D eigenvalue weighted by Gasteiger charge is 2.13. The van der Waals surface area contributed by atoms with Crippen molar-refractivity contribution in [3.63, 3.8) is 0 Å². The van der Waals surface area contributed by atoms with Gasteiger partial charge in [0.05, 0.1) is 13.5 Å². The standard InChI is InChI=1S/C19H19NO5/c1-12(21)14-4-9-18(24-3)15(10-14)11-19(23)25-17-7-5-16(6-8-17)20-13(2)22/h4-10H,11H2,1-3H3,(H,20,22). The Labute approximate surface area is 145 Å². The number of rotatable bonds is 6. The van der Waals surface area contributed by atoms with Crippen LogP contribution in [0.4, 0.5) is 5.69 Å². The van der Waals surface area contributed by atoms with E-state index in [1.807, 2.05) is 0 Å². The molecule has 0 radical (unpaired) electrons. The van der Waals surface area contributed by atoms with Gasteiger partial charge < -0.3 is 14.8 Å². The number of ether oxygens (including phenoxy) is 2. The summed E-state index contributed by atoms with van der Waals surface area (Å²) in [6, 6.07) is 11.4. The first kappa shape index (κ1) is 18.2. The summed E-state index contributed by atoms with van der Waals surface area (Å²) in [6.07, 6.45) is -0.0300. The molecule has 0 spiro atoms. The summed E-state index contributed by atoms with van der Waals surface area (Å²) in [6.45, 7) is 2.87. The first-order valence-corrected chi connectivity index (χ1v) is 7.65. The Hall–Kier alpha value is -3.15. The predicted molar refractivity (Wildman–Crippen MR) is 93.1 cm³/mol. The zero-order chi connectivity index (χ0) is 18.4. The van der Waals surface area contributed by atoms with Crippen molar-refractivity contribution < 1.29 is 23.9 Å². The molecule has 6 nitrogen and oxygen atoms in total. The first-order chi connectivity index (χ1) is 11.9. The number of hydrogen-bond acceptors (Lipinski definition) is 5. The molecule has 2 aromatic rings. The molecule has 0 aromatic heterocycles. The van der Waals surface area contributed by atoms with Crippen LogP contribution in [0.25, 0.3) is 0 Å². The fourth-order valence-corrected chi connectivity index (χ4v) is 2.27. The fourth-order valence-electron chi connectivity index (χ4n) is 2.27. The van der Waals surface area contributed by atoms with Crippen LogP contribution in [0.5, 0.6) is 11.5 Å². The molecule has 1 amide bonds. The summed E-state index contributed by atoms with van der Waals surface area (Å²) >= 11 is 0. The van der Waals surface area contributed by atoms with Gasteiger partial charge in [-0.3, -0.25) is 14.4 Å². The highest BCUT2D eigenvalue weighted by molar-refractivity contribution is 5.94. The van der Waals surface area contributed by atoms with Gasteiger partial charge >= 0.3 is 5.97 Å². The van der Waals surface area contributed by atoms with Crippen molar-refractivity contribution >= 4 is 23.3 Å². The summed E-state index contributed by atoms with van der Waals surface area (Å²) in [5, 5.41) is 2.63. The largest absolute Gasteiger partial charge is 0.496 e. The Balaban J connectivity index is 2.08. The van der Waals surface area contributed by atoms with Gasteiger partial charge in [-0.1, -0.05) is 0 Å². The van der Waals surface area contributed by atoms with Gasteiger partial charge in [-0.25, -0.2) is 0 Å². The second-order valence-corrected chi connectivity index (χ2v) is 5.44. The van der Waals surface area contributed by atoms with Crippen LogP contribution in [-0.4, -0.2) is 24.8 Å². The molecule has 0 heterocycles. The van der Waals surface area contributed by atoms with E-state index >= 15 is 0 Å². The molecule has 1 N–H and O–H groups in total. The van der Waals surface area contributed by atoms with Crippen LogP contribution in [0.3, 0.4) is 0 Å². The lowest BCUT2D eigenvalue weighted by Gasteiger charge is -2.10. The van der Waals surface area contributed by atoms with E-state index in [9.17, 15) is 14.4 Å². The monoisotopic (exact) mass is 341 g/mol. The van der Waals surface area contributed by atoms with Gasteiger partial charge in [-0.2, -0.15) is 0 Å². The van der Waals surface area contributed by atoms with Gasteiger partial charge in [0.1, 0.15) is 11.5 Å². The summed E-state index contributed by atoms with van der Waals surface area (Å²) in [5.74, 6) is 0.128. The fraction of sp³-hybridized carbons (Fsp3) is 0.211. The molecule has 0 fully saturated rings. The van der Waals surface area contributed by atoms with Crippen molar-refractivity contribution in [2.75, 3.05) is 12.4 Å². The highest BCUT2D eigenvalue weighted by atomic mass is 16.5. The number of ketones is 1. The SMILES string of the molecule is COc1ccc(C(C)=O)cc1CC(=O)Oc1ccc(NC(C)=O)cc1. The second kappa shape index (κ2) is 8.10. The Kier molecular flexibility index (Phi) is 5.89. The summed E-state index contributed by atoms with van der Waals surface area (Å²) in [4.78, 5) is 34.6. The molecule has 0 saturated heterocycles. The van der Waals surface area contributed by atoms with Crippen molar-refractivity contribution in [2.24, 2.45) is 0 Å². The molecule has 130 valence electrons. The molecule has 0 bridgehead atoms. The number of anilines is 1. The maximum absolute atomic E-state index is 12.2. The number of carbonyl (C=O) groups excluding carboxylic acids is 3. The Morgan fingerprint density at radius 3 is 2.24 bits per heavy atom. The number of hydrogen-bond donors (Lipinski definition) is 1. The second-order valence-electron chi connectivity index (χ2n) is 5.44. The molecular weight excluding hydrogens is 322 g/mol. The molecule has 25 heavy (non-hydrogen) atoms. The maximum Gasteiger partial charge on any atom is 0.315 e. The molecule has 0 aliphatic carbocycles. The van der Waals surface area contributed by atoms with Crippen molar-refractivity contribution in [1.82, 2.24) is 0 Å². The number of methoxy groups -OCH3 is 1. The van der Waals surface area contributed by atoms with E-state index in [-0.39, 0.29) is 18.1 Å². The Morgan fingerprint density at radius 1 is 1.00 bits per heavy atom. The third kappa shape index (κ3) is 5.17. The average molecular weight is 341 g/mol. The zero-order valence-electron chi connectivity index (χ0n) is 14.3. The number of Topliss-reactive ketones (excluding diaryl/α,β-unsaturated/α-hetero) is 1. The molecule has 6 heteroatoms. The van der Waals surface area contributed by atoms with Crippen LogP contribution in [0.2, 0.25) is 0 Å². The van der Waals surface area contributed by atoms with Gasteiger partial charge in [0.2, 0.25) is 5.91 Å². The molecule has 0 saturated carbocycles. The Morgan fingerprint density at radius 2 is 1.68 bits per heavy atom. The highest BCUT2D eigenvalue weighted by Crippen LogP contribution is 2.22. The van der Waals surface area contributed by atoms with Crippen LogP contribution in [0, 0.1) is 0 Å². The number of esters is 1. The minimum atomic E-state index is -0.480. The molecule has 2 rings (SSSR count). The average Bonchev–Trinajstić information content (AvgIpc) is 2.56. The van der Waals surface area contributed by atoms with Gasteiger partial charge in [0.15, 0.2) is 5.78 Å². The molecule has 2 aromatic carbocycles. The van der Waals surface area contributed by atoms with Crippen molar-refractivity contribution in [3.8, 4) is 11.5 Å². The van der Waals surface area contributed by atoms with Gasteiger partial charge in [0.25, 0.3) is 0 Å². The maximum atomic E-state index is 12.2. The van der Waals surface area contributed by atoms with Crippen LogP contribution >= 0.6 is 0 Å². The van der Waals surface area contributed by atoms with Crippen molar-refractivity contribution in [1.29, 1.82) is 0 Å². The number of nitrogens with one attached hydrogen (secondary N) is 1. The number of benzene rings is 2. The van der Waals surface area contributed by atoms with Crippen LogP contribution in [0.1, 0.15) is 29.8 Å². The third-order valence-corrected chi connectivity index (χ3v) is 3.43. The van der Waals surface area contributed by atoms with E-state index in [4.69, 9.17) is 9.47 Å². The molecule has 0 aliphatic rings. The predicted octanol–water partition coefficient (Wildman–Crippen LogP) is 3.00. The van der Waals surface area contributed by atoms with Crippen molar-refractivity contribution in [2.45, 2.75) is 20.3 Å². The molecule has 0 unspecified atom stereocenters. The topological polar surface area (TPSA) is 81.7 Å². The van der Waals surface area contributed by atoms with E-state index in [2.05, 4.69) is 5.32 Å². The molecular formula is C19H19NO5. The number of amides is 1. The normalized spacial score (nSPS) is 10.0. The van der Waals surface area contributed by atoms with E-state index in [0.717, 1.165) is 0 Å². The van der Waals surface area contributed by atoms with Crippen molar-refractivity contribution in [3.05, 3.63) is 53.6 Å². The van der Waals surface area contributed by atoms with Gasteiger partial charge in [0, 0.05) is 23.7 Å². The van der Waals surface area contributed by atoms with Crippen LogP contribution < -0.4 is 14.8 Å². The Bertz CT molecular complexity index is 796. The molecule has 0 aliphatic heterocycles. The first-order valence-electron chi connectivity index (χ1n) is 7.65. The summed E-state index contributed by atoms with van der Waals surface area (Å²) < 4.78 is 10.5. The summed E-state index contributed by atoms with van der Waals surface area (Å²) in [5.41, 5.74) is 1.70. The zero-order valence-corrected chi connectivity index (χ0v) is 14.3. The molecule has 0 atom stereocenters. The van der Waals surface area contributed by atoms with Gasteiger partial charge in [-0.15, -0.1) is 0 Å². The lowest BCUT2D eigenvalue weighted by atomic mass is 10.0. The quantitative estimate of drug-likeness (QED) is 0.496.